The molecule has 5 atom stereocenters. The molecule has 1 fully saturated rings. The summed E-state index contributed by atoms with van der Waals surface area (Å²) < 4.78 is 28.4. The summed E-state index contributed by atoms with van der Waals surface area (Å²) in [5.41, 5.74) is -4.98. The molecule has 0 amide bonds. The van der Waals surface area contributed by atoms with Crippen molar-refractivity contribution in [3.63, 3.8) is 0 Å². The van der Waals surface area contributed by atoms with E-state index in [1.807, 2.05) is 0 Å². The summed E-state index contributed by atoms with van der Waals surface area (Å²) in [6.45, 7) is -0.405. The van der Waals surface area contributed by atoms with Crippen molar-refractivity contribution in [1.29, 1.82) is 0 Å². The monoisotopic (exact) mass is 938 g/mol. The van der Waals surface area contributed by atoms with Crippen LogP contribution < -0.4 is 0 Å². The van der Waals surface area contributed by atoms with Gasteiger partial charge in [-0.2, -0.15) is 0 Å². The van der Waals surface area contributed by atoms with Crippen LogP contribution in [-0.4, -0.2) is 137 Å². The van der Waals surface area contributed by atoms with Crippen molar-refractivity contribution < 1.29 is 124 Å². The zero-order valence-electron chi connectivity index (χ0n) is 33.6. The summed E-state index contributed by atoms with van der Waals surface area (Å²) >= 11 is 0. The lowest BCUT2D eigenvalue weighted by Crippen LogP contribution is -2.60. The Morgan fingerprint density at radius 3 is 1.10 bits per heavy atom. The summed E-state index contributed by atoms with van der Waals surface area (Å²) in [6.07, 6.45) is -12.1. The van der Waals surface area contributed by atoms with Gasteiger partial charge in [0.05, 0.1) is 27.8 Å². The highest BCUT2D eigenvalue weighted by atomic mass is 16.7. The topological polar surface area (TPSA) is 435 Å². The second kappa shape index (κ2) is 18.0. The van der Waals surface area contributed by atoms with Gasteiger partial charge in [0.25, 0.3) is 0 Å². The zero-order chi connectivity index (χ0) is 49.5. The molecule has 25 heteroatoms. The molecular formula is C42H34O25. The van der Waals surface area contributed by atoms with Crippen LogP contribution in [0.4, 0.5) is 0 Å². The minimum Gasteiger partial charge on any atom is -0.507 e. The molecular weight excluding hydrogens is 904 g/mol. The fraction of sp³-hybridized carbons (Fsp3) is 0.167. The summed E-state index contributed by atoms with van der Waals surface area (Å²) in [5.74, 6) is -24.1. The van der Waals surface area contributed by atoms with Gasteiger partial charge in [-0.1, -0.05) is 0 Å². The molecule has 0 saturated carbocycles. The first-order chi connectivity index (χ1) is 31.4. The van der Waals surface area contributed by atoms with E-state index in [0.717, 1.165) is 6.92 Å². The SMILES string of the molecule is CC(=O)c1c(O)cc(O)c(C2OC(COC(=O)c3cc(O)c(O)c(O)c3)C(OC(=O)c3cc(O)c(O)c(O)c3)C(OC(=O)c3cc(O)c(O)c(O)c3)C2OC(=O)c2cc(O)c(O)c(O)c2)c1O. The van der Waals surface area contributed by atoms with Gasteiger partial charge in [-0.25, -0.2) is 19.2 Å². The number of phenols is 15. The van der Waals surface area contributed by atoms with Crippen LogP contribution in [0.5, 0.6) is 86.2 Å². The number of aromatic hydroxyl groups is 15. The third kappa shape index (κ3) is 9.18. The Labute approximate surface area is 371 Å². The summed E-state index contributed by atoms with van der Waals surface area (Å²) in [6, 6.07) is 5.04. The largest absolute Gasteiger partial charge is 0.507 e. The van der Waals surface area contributed by atoms with Crippen molar-refractivity contribution in [2.75, 3.05) is 6.61 Å². The summed E-state index contributed by atoms with van der Waals surface area (Å²) in [5, 5.41) is 154. The molecule has 6 rings (SSSR count). The van der Waals surface area contributed by atoms with E-state index in [0.29, 0.717) is 54.6 Å². The minimum absolute atomic E-state index is 0.502. The standard InChI is InChI=1S/C42H34O25/c1-12(43)28-17(44)10-18(45)29(34(28)58)36-38(67-42(62)16-8-25(52)33(57)26(53)9-16)37(66-41(61)15-6-23(50)32(56)24(51)7-15)35(65-40(60)14-4-21(48)31(55)22(49)5-14)27(64-36)11-63-39(59)13-2-19(46)30(54)20(47)3-13/h2-10,27,35-38,44-58H,11H2,1H3. The lowest BCUT2D eigenvalue weighted by molar-refractivity contribution is -0.232. The number of ketones is 1. The first-order valence-electron chi connectivity index (χ1n) is 18.6. The molecule has 1 heterocycles. The number of phenolic OH excluding ortho intramolecular Hbond substituents is 15. The van der Waals surface area contributed by atoms with Crippen molar-refractivity contribution in [1.82, 2.24) is 0 Å². The first-order valence-corrected chi connectivity index (χ1v) is 18.6. The molecule has 0 spiro atoms. The van der Waals surface area contributed by atoms with Crippen molar-refractivity contribution in [3.05, 3.63) is 88.0 Å². The number of ether oxygens (including phenoxy) is 5. The molecule has 0 aromatic heterocycles. The first kappa shape index (κ1) is 47.1. The number of esters is 4. The van der Waals surface area contributed by atoms with Gasteiger partial charge in [0.2, 0.25) is 0 Å². The van der Waals surface area contributed by atoms with Crippen molar-refractivity contribution in [2.45, 2.75) is 37.4 Å². The number of Topliss-reactive ketones (excluding diaryl/α,β-unsaturated/α-hetero) is 1. The molecule has 5 aromatic rings. The Balaban J connectivity index is 1.60. The average Bonchev–Trinajstić information content (AvgIpc) is 3.25. The molecule has 1 aliphatic heterocycles. The van der Waals surface area contributed by atoms with Gasteiger partial charge in [-0.3, -0.25) is 4.79 Å². The van der Waals surface area contributed by atoms with Gasteiger partial charge in [-0.15, -0.1) is 0 Å². The molecule has 1 aliphatic rings. The molecule has 0 aliphatic carbocycles. The van der Waals surface area contributed by atoms with Gasteiger partial charge < -0.3 is 100 Å². The normalized spacial score (nSPS) is 17.8. The van der Waals surface area contributed by atoms with Crippen LogP contribution in [-0.2, 0) is 23.7 Å². The maximum absolute atomic E-state index is 14.0. The molecule has 15 N–H and O–H groups in total. The van der Waals surface area contributed by atoms with Crippen LogP contribution in [0.25, 0.3) is 0 Å². The Morgan fingerprint density at radius 2 is 0.746 bits per heavy atom. The Kier molecular flexibility index (Phi) is 12.7. The zero-order valence-corrected chi connectivity index (χ0v) is 33.6. The quantitative estimate of drug-likeness (QED) is 0.0391. The second-order valence-electron chi connectivity index (χ2n) is 14.4. The Morgan fingerprint density at radius 1 is 0.418 bits per heavy atom. The van der Waals surface area contributed by atoms with E-state index < -0.39 is 186 Å². The third-order valence-electron chi connectivity index (χ3n) is 9.90. The highest BCUT2D eigenvalue weighted by Crippen LogP contribution is 2.49. The lowest BCUT2D eigenvalue weighted by atomic mass is 9.88. The van der Waals surface area contributed by atoms with Crippen LogP contribution >= 0.6 is 0 Å². The van der Waals surface area contributed by atoms with Crippen LogP contribution in [0, 0.1) is 0 Å². The fourth-order valence-electron chi connectivity index (χ4n) is 6.67. The number of hydrogen-bond donors (Lipinski definition) is 15. The lowest BCUT2D eigenvalue weighted by Gasteiger charge is -2.45. The predicted octanol–water partition coefficient (Wildman–Crippen LogP) is 2.45. The third-order valence-corrected chi connectivity index (χ3v) is 9.90. The maximum Gasteiger partial charge on any atom is 0.338 e. The smallest absolute Gasteiger partial charge is 0.338 e. The number of rotatable bonds is 11. The number of carbonyl (C=O) groups is 5. The molecule has 0 bridgehead atoms. The molecule has 25 nitrogen and oxygen atoms in total. The highest BCUT2D eigenvalue weighted by molar-refractivity contribution is 6.00. The molecule has 352 valence electrons. The van der Waals surface area contributed by atoms with E-state index in [1.165, 1.54) is 0 Å². The van der Waals surface area contributed by atoms with Gasteiger partial charge in [-0.05, 0) is 55.5 Å². The van der Waals surface area contributed by atoms with Crippen molar-refractivity contribution >= 4 is 29.7 Å². The van der Waals surface area contributed by atoms with E-state index in [9.17, 15) is 101 Å². The molecule has 0 radical (unpaired) electrons. The molecule has 67 heavy (non-hydrogen) atoms. The van der Waals surface area contributed by atoms with Crippen molar-refractivity contribution in [2.24, 2.45) is 0 Å². The van der Waals surface area contributed by atoms with Crippen LogP contribution in [0.3, 0.4) is 0 Å². The van der Waals surface area contributed by atoms with E-state index in [-0.39, 0.29) is 0 Å². The summed E-state index contributed by atoms with van der Waals surface area (Å²) in [7, 11) is 0. The Bertz CT molecular complexity index is 2780. The molecule has 1 saturated heterocycles. The molecule has 5 aromatic carbocycles. The van der Waals surface area contributed by atoms with Crippen molar-refractivity contribution in [3.8, 4) is 86.2 Å². The van der Waals surface area contributed by atoms with E-state index >= 15 is 0 Å². The second-order valence-corrected chi connectivity index (χ2v) is 14.4. The number of carbonyl (C=O) groups excluding carboxylic acids is 5. The fourth-order valence-corrected chi connectivity index (χ4v) is 6.67. The van der Waals surface area contributed by atoms with Gasteiger partial charge in [0.1, 0.15) is 41.6 Å². The number of benzene rings is 5. The van der Waals surface area contributed by atoms with Crippen LogP contribution in [0.2, 0.25) is 0 Å². The number of hydrogen-bond acceptors (Lipinski definition) is 25. The van der Waals surface area contributed by atoms with Gasteiger partial charge >= 0.3 is 23.9 Å². The van der Waals surface area contributed by atoms with E-state index in [2.05, 4.69) is 0 Å². The highest BCUT2D eigenvalue weighted by Gasteiger charge is 2.55. The maximum atomic E-state index is 14.0. The minimum atomic E-state index is -2.53. The van der Waals surface area contributed by atoms with E-state index in [1.54, 1.807) is 0 Å². The van der Waals surface area contributed by atoms with Crippen LogP contribution in [0.1, 0.15) is 70.4 Å². The molecule has 5 unspecified atom stereocenters. The Hall–Kier alpha value is -9.39. The van der Waals surface area contributed by atoms with E-state index in [4.69, 9.17) is 23.7 Å². The predicted molar refractivity (Wildman–Crippen MR) is 213 cm³/mol. The van der Waals surface area contributed by atoms with Gasteiger partial charge in [0, 0.05) is 6.07 Å². The van der Waals surface area contributed by atoms with Gasteiger partial charge in [0.15, 0.2) is 93.1 Å². The average molecular weight is 939 g/mol. The van der Waals surface area contributed by atoms with Crippen LogP contribution in [0.15, 0.2) is 54.6 Å². The summed E-state index contributed by atoms with van der Waals surface area (Å²) in [4.78, 5) is 68.0.